The Hall–Kier alpha value is -1.33. The number of ether oxygens (including phenoxy) is 1. The van der Waals surface area contributed by atoms with E-state index in [1.165, 1.54) is 0 Å². The average Bonchev–Trinajstić information content (AvgIpc) is 2.67. The van der Waals surface area contributed by atoms with Crippen LogP contribution in [0.25, 0.3) is 0 Å². The Labute approximate surface area is 121 Å². The molecule has 0 aliphatic rings. The van der Waals surface area contributed by atoms with Crippen molar-refractivity contribution in [2.45, 2.75) is 26.5 Å². The Balaban J connectivity index is 1.88. The quantitative estimate of drug-likeness (QED) is 0.919. The van der Waals surface area contributed by atoms with Crippen LogP contribution in [0.4, 0.5) is 0 Å². The van der Waals surface area contributed by atoms with Crippen molar-refractivity contribution in [1.82, 2.24) is 9.78 Å². The van der Waals surface area contributed by atoms with Gasteiger partial charge in [0, 0.05) is 6.20 Å². The summed E-state index contributed by atoms with van der Waals surface area (Å²) in [6, 6.07) is 7.76. The van der Waals surface area contributed by atoms with Gasteiger partial charge in [0.25, 0.3) is 0 Å². The number of aliphatic hydroxyl groups is 1. The summed E-state index contributed by atoms with van der Waals surface area (Å²) in [7, 11) is 0. The molecule has 4 nitrogen and oxygen atoms in total. The lowest BCUT2D eigenvalue weighted by atomic mass is 10.2. The molecule has 0 saturated heterocycles. The van der Waals surface area contributed by atoms with Crippen LogP contribution in [0, 0.1) is 13.8 Å². The topological polar surface area (TPSA) is 47.3 Å². The number of nitrogens with zero attached hydrogens (tertiary/aromatic N) is 2. The maximum Gasteiger partial charge on any atom is 0.122 e. The molecule has 1 aromatic heterocycles. The molecule has 102 valence electrons. The summed E-state index contributed by atoms with van der Waals surface area (Å²) in [5.41, 5.74) is 1.97. The predicted octanol–water partition coefficient (Wildman–Crippen LogP) is 2.70. The first kappa shape index (κ1) is 14.1. The number of aryl methyl sites for hydroxylation is 2. The standard InChI is InChI=1S/C14H17BrN2O2/c1-10-5-3-4-6-14(10)19-9-12(18)7-17-8-13(15)11(2)16-17/h3-6,8,12,18H,7,9H2,1-2H3. The first-order valence-electron chi connectivity index (χ1n) is 6.12. The second-order valence-corrected chi connectivity index (χ2v) is 5.37. The number of hydrogen-bond donors (Lipinski definition) is 1. The fourth-order valence-electron chi connectivity index (χ4n) is 1.76. The maximum absolute atomic E-state index is 9.95. The molecule has 2 aromatic rings. The van der Waals surface area contributed by atoms with Gasteiger partial charge in [0.15, 0.2) is 0 Å². The Bertz CT molecular complexity index is 535. The van der Waals surface area contributed by atoms with Crippen LogP contribution in [0.15, 0.2) is 34.9 Å². The molecule has 1 atom stereocenters. The van der Waals surface area contributed by atoms with E-state index in [2.05, 4.69) is 21.0 Å². The van der Waals surface area contributed by atoms with E-state index >= 15 is 0 Å². The van der Waals surface area contributed by atoms with Crippen LogP contribution >= 0.6 is 15.9 Å². The van der Waals surface area contributed by atoms with Crippen LogP contribution in [0.1, 0.15) is 11.3 Å². The normalized spacial score (nSPS) is 12.4. The maximum atomic E-state index is 9.95. The highest BCUT2D eigenvalue weighted by molar-refractivity contribution is 9.10. The second kappa shape index (κ2) is 6.21. The summed E-state index contributed by atoms with van der Waals surface area (Å²) >= 11 is 3.39. The number of para-hydroxylation sites is 1. The van der Waals surface area contributed by atoms with Crippen molar-refractivity contribution in [2.75, 3.05) is 6.61 Å². The SMILES string of the molecule is Cc1ccccc1OCC(O)Cn1cc(Br)c(C)n1. The lowest BCUT2D eigenvalue weighted by molar-refractivity contribution is 0.0889. The molecule has 1 aromatic carbocycles. The number of benzene rings is 1. The summed E-state index contributed by atoms with van der Waals surface area (Å²) < 4.78 is 8.26. The molecule has 0 amide bonds. The van der Waals surface area contributed by atoms with Crippen LogP contribution in [0.3, 0.4) is 0 Å². The lowest BCUT2D eigenvalue weighted by Crippen LogP contribution is -2.24. The van der Waals surface area contributed by atoms with Gasteiger partial charge in [0.1, 0.15) is 18.5 Å². The number of halogens is 1. The Kier molecular flexibility index (Phi) is 4.61. The third-order valence-electron chi connectivity index (χ3n) is 2.81. The molecule has 0 aliphatic heterocycles. The third-order valence-corrected chi connectivity index (χ3v) is 3.59. The Morgan fingerprint density at radius 2 is 2.11 bits per heavy atom. The van der Waals surface area contributed by atoms with Crippen LogP contribution in [0.5, 0.6) is 5.75 Å². The first-order chi connectivity index (χ1) is 9.06. The fourth-order valence-corrected chi connectivity index (χ4v) is 2.08. The minimum Gasteiger partial charge on any atom is -0.491 e. The third kappa shape index (κ3) is 3.81. The summed E-state index contributed by atoms with van der Waals surface area (Å²) in [6.45, 7) is 4.56. The van der Waals surface area contributed by atoms with Crippen molar-refractivity contribution < 1.29 is 9.84 Å². The molecule has 5 heteroatoms. The smallest absolute Gasteiger partial charge is 0.122 e. The molecule has 19 heavy (non-hydrogen) atoms. The number of hydrogen-bond acceptors (Lipinski definition) is 3. The van der Waals surface area contributed by atoms with Crippen molar-refractivity contribution in [3.05, 3.63) is 46.2 Å². The minimum atomic E-state index is -0.592. The van der Waals surface area contributed by atoms with E-state index in [9.17, 15) is 5.11 Å². The van der Waals surface area contributed by atoms with Gasteiger partial charge in [-0.05, 0) is 41.4 Å². The zero-order valence-corrected chi connectivity index (χ0v) is 12.6. The monoisotopic (exact) mass is 324 g/mol. The lowest BCUT2D eigenvalue weighted by Gasteiger charge is -2.13. The van der Waals surface area contributed by atoms with Crippen LogP contribution in [-0.2, 0) is 6.54 Å². The van der Waals surface area contributed by atoms with Crippen molar-refractivity contribution in [3.8, 4) is 5.75 Å². The van der Waals surface area contributed by atoms with Gasteiger partial charge in [-0.2, -0.15) is 5.10 Å². The highest BCUT2D eigenvalue weighted by atomic mass is 79.9. The highest BCUT2D eigenvalue weighted by Gasteiger charge is 2.09. The molecule has 1 heterocycles. The summed E-state index contributed by atoms with van der Waals surface area (Å²) in [5, 5.41) is 14.2. The summed E-state index contributed by atoms with van der Waals surface area (Å²) in [5.74, 6) is 0.805. The van der Waals surface area contributed by atoms with Crippen molar-refractivity contribution in [2.24, 2.45) is 0 Å². The van der Waals surface area contributed by atoms with Crippen LogP contribution < -0.4 is 4.74 Å². The fraction of sp³-hybridized carbons (Fsp3) is 0.357. The molecular formula is C14H17BrN2O2. The number of rotatable bonds is 5. The van der Waals surface area contributed by atoms with Crippen molar-refractivity contribution in [3.63, 3.8) is 0 Å². The number of aromatic nitrogens is 2. The van der Waals surface area contributed by atoms with Gasteiger partial charge in [0.2, 0.25) is 0 Å². The van der Waals surface area contributed by atoms with E-state index in [0.717, 1.165) is 21.5 Å². The minimum absolute atomic E-state index is 0.251. The zero-order valence-electron chi connectivity index (χ0n) is 11.0. The molecule has 0 radical (unpaired) electrons. The molecule has 1 N–H and O–H groups in total. The van der Waals surface area contributed by atoms with E-state index in [4.69, 9.17) is 4.74 Å². The van der Waals surface area contributed by atoms with E-state index in [0.29, 0.717) is 6.54 Å². The van der Waals surface area contributed by atoms with Gasteiger partial charge in [-0.15, -0.1) is 0 Å². The van der Waals surface area contributed by atoms with Gasteiger partial charge in [0.05, 0.1) is 16.7 Å². The first-order valence-corrected chi connectivity index (χ1v) is 6.91. The van der Waals surface area contributed by atoms with Crippen LogP contribution in [0.2, 0.25) is 0 Å². The molecule has 2 rings (SSSR count). The van der Waals surface area contributed by atoms with Gasteiger partial charge in [-0.25, -0.2) is 0 Å². The molecular weight excluding hydrogens is 308 g/mol. The summed E-state index contributed by atoms with van der Waals surface area (Å²) in [4.78, 5) is 0. The average molecular weight is 325 g/mol. The zero-order chi connectivity index (χ0) is 13.8. The van der Waals surface area contributed by atoms with Gasteiger partial charge in [-0.3, -0.25) is 4.68 Å². The van der Waals surface area contributed by atoms with Gasteiger partial charge >= 0.3 is 0 Å². The highest BCUT2D eigenvalue weighted by Crippen LogP contribution is 2.17. The predicted molar refractivity (Wildman–Crippen MR) is 77.3 cm³/mol. The molecule has 1 unspecified atom stereocenters. The van der Waals surface area contributed by atoms with Crippen LogP contribution in [-0.4, -0.2) is 27.6 Å². The largest absolute Gasteiger partial charge is 0.491 e. The van der Waals surface area contributed by atoms with Crippen molar-refractivity contribution in [1.29, 1.82) is 0 Å². The summed E-state index contributed by atoms with van der Waals surface area (Å²) in [6.07, 6.45) is 1.26. The Morgan fingerprint density at radius 3 is 2.74 bits per heavy atom. The molecule has 0 bridgehead atoms. The molecule has 0 fully saturated rings. The molecule has 0 spiro atoms. The van der Waals surface area contributed by atoms with Gasteiger partial charge < -0.3 is 9.84 Å². The van der Waals surface area contributed by atoms with E-state index in [-0.39, 0.29) is 6.61 Å². The van der Waals surface area contributed by atoms with E-state index in [1.807, 2.05) is 44.3 Å². The van der Waals surface area contributed by atoms with E-state index < -0.39 is 6.10 Å². The van der Waals surface area contributed by atoms with E-state index in [1.54, 1.807) is 4.68 Å². The second-order valence-electron chi connectivity index (χ2n) is 4.51. The number of aliphatic hydroxyl groups excluding tert-OH is 1. The molecule has 0 saturated carbocycles. The molecule has 0 aliphatic carbocycles. The van der Waals surface area contributed by atoms with Gasteiger partial charge in [-0.1, -0.05) is 18.2 Å². The Morgan fingerprint density at radius 1 is 1.37 bits per heavy atom. The van der Waals surface area contributed by atoms with Crippen molar-refractivity contribution >= 4 is 15.9 Å².